The molecule has 5 heterocycles. The van der Waals surface area contributed by atoms with Crippen LogP contribution >= 0.6 is 11.6 Å². The maximum Gasteiger partial charge on any atom is 0.418 e. The number of aryl methyl sites for hydroxylation is 1. The molecule has 3 aromatic carbocycles. The lowest BCUT2D eigenvalue weighted by molar-refractivity contribution is -0.136. The number of rotatable bonds is 10. The summed E-state index contributed by atoms with van der Waals surface area (Å²) in [7, 11) is 0. The fourth-order valence-corrected chi connectivity index (χ4v) is 7.28. The highest BCUT2D eigenvalue weighted by Crippen LogP contribution is 2.37. The topological polar surface area (TPSA) is 110 Å². The van der Waals surface area contributed by atoms with Crippen LogP contribution < -0.4 is 10.1 Å². The van der Waals surface area contributed by atoms with Gasteiger partial charge in [0.25, 0.3) is 5.91 Å². The molecule has 280 valence electrons. The van der Waals surface area contributed by atoms with Crippen LogP contribution in [0.15, 0.2) is 66.7 Å². The number of alkyl halides is 3. The molecular formula is C39H36ClF4N7O3. The van der Waals surface area contributed by atoms with E-state index >= 15 is 0 Å². The molecule has 1 atom stereocenters. The zero-order valence-electron chi connectivity index (χ0n) is 29.2. The molecule has 2 saturated heterocycles. The molecule has 0 saturated carbocycles. The van der Waals surface area contributed by atoms with Crippen molar-refractivity contribution in [1.29, 1.82) is 0 Å². The number of imidazole rings is 1. The number of aromatic nitrogens is 5. The maximum absolute atomic E-state index is 14.2. The third kappa shape index (κ3) is 7.50. The molecule has 54 heavy (non-hydrogen) atoms. The van der Waals surface area contributed by atoms with E-state index in [4.69, 9.17) is 31.0 Å². The molecule has 10 nitrogen and oxygen atoms in total. The Hall–Kier alpha value is -5.05. The number of H-pyrrole nitrogens is 1. The normalized spacial score (nSPS) is 16.9. The number of carbonyl (C=O) groups is 1. The van der Waals surface area contributed by atoms with E-state index < -0.39 is 23.5 Å². The van der Waals surface area contributed by atoms with Crippen molar-refractivity contribution < 1.29 is 31.8 Å². The zero-order chi connectivity index (χ0) is 37.6. The fourth-order valence-electron chi connectivity index (χ4n) is 7.13. The van der Waals surface area contributed by atoms with Gasteiger partial charge in [0.2, 0.25) is 5.88 Å². The number of nitrogens with zero attached hydrogens (tertiary/aromatic N) is 5. The van der Waals surface area contributed by atoms with Crippen LogP contribution in [-0.2, 0) is 30.6 Å². The van der Waals surface area contributed by atoms with Gasteiger partial charge in [-0.1, -0.05) is 23.7 Å². The maximum atomic E-state index is 14.2. The Labute approximate surface area is 312 Å². The number of carbonyl (C=O) groups excluding carboxylic acids is 1. The Bertz CT molecular complexity index is 2350. The van der Waals surface area contributed by atoms with Crippen LogP contribution in [0.25, 0.3) is 21.9 Å². The lowest BCUT2D eigenvalue weighted by Crippen LogP contribution is -2.35. The summed E-state index contributed by atoms with van der Waals surface area (Å²) in [5, 5.41) is 9.67. The predicted molar refractivity (Wildman–Crippen MR) is 195 cm³/mol. The molecule has 0 radical (unpaired) electrons. The molecule has 0 bridgehead atoms. The first-order valence-corrected chi connectivity index (χ1v) is 18.1. The molecule has 1 amide bonds. The third-order valence-corrected chi connectivity index (χ3v) is 10.4. The van der Waals surface area contributed by atoms with E-state index in [2.05, 4.69) is 25.0 Å². The lowest BCUT2D eigenvalue weighted by Gasteiger charge is -2.32. The average Bonchev–Trinajstić information content (AvgIpc) is 3.67. The Kier molecular flexibility index (Phi) is 9.75. The zero-order valence-corrected chi connectivity index (χ0v) is 30.0. The van der Waals surface area contributed by atoms with Gasteiger partial charge in [-0.25, -0.2) is 14.4 Å². The smallest absolute Gasteiger partial charge is 0.418 e. The first-order valence-electron chi connectivity index (χ1n) is 17.7. The van der Waals surface area contributed by atoms with Crippen LogP contribution in [0.2, 0.25) is 5.02 Å². The van der Waals surface area contributed by atoms with Gasteiger partial charge in [0, 0.05) is 57.2 Å². The molecule has 2 fully saturated rings. The SMILES string of the molecule is Cc1[nH]nc2c(C(F)(F)F)cc(NC(=O)c3ccc4c(c3)nc(CN3CCC(c5cccc(OCc6ccc(Cl)cc6F)n5)CC3)n4C[C@@H]3CCO3)cc12. The largest absolute Gasteiger partial charge is 0.473 e. The van der Waals surface area contributed by atoms with Crippen molar-refractivity contribution in [1.82, 2.24) is 29.6 Å². The Morgan fingerprint density at radius 3 is 2.61 bits per heavy atom. The second-order valence-electron chi connectivity index (χ2n) is 13.8. The molecule has 15 heteroatoms. The van der Waals surface area contributed by atoms with Gasteiger partial charge in [-0.05, 0) is 87.8 Å². The van der Waals surface area contributed by atoms with Gasteiger partial charge in [0.15, 0.2) is 0 Å². The number of ether oxygens (including phenoxy) is 2. The van der Waals surface area contributed by atoms with E-state index in [9.17, 15) is 22.4 Å². The number of nitrogens with one attached hydrogen (secondary N) is 2. The van der Waals surface area contributed by atoms with Gasteiger partial charge in [-0.15, -0.1) is 0 Å². The molecule has 3 aromatic heterocycles. The van der Waals surface area contributed by atoms with E-state index in [0.29, 0.717) is 47.4 Å². The summed E-state index contributed by atoms with van der Waals surface area (Å²) >= 11 is 5.87. The second-order valence-corrected chi connectivity index (χ2v) is 14.3. The van der Waals surface area contributed by atoms with E-state index in [-0.39, 0.29) is 40.8 Å². The average molecular weight is 762 g/mol. The number of piperidine rings is 1. The highest BCUT2D eigenvalue weighted by Gasteiger charge is 2.35. The molecule has 2 N–H and O–H groups in total. The van der Waals surface area contributed by atoms with E-state index in [1.165, 1.54) is 12.1 Å². The van der Waals surface area contributed by atoms with Gasteiger partial charge in [-0.2, -0.15) is 18.3 Å². The minimum atomic E-state index is -4.65. The van der Waals surface area contributed by atoms with Gasteiger partial charge in [0.1, 0.15) is 23.8 Å². The Morgan fingerprint density at radius 1 is 1.06 bits per heavy atom. The number of anilines is 1. The number of hydrogen-bond donors (Lipinski definition) is 2. The minimum Gasteiger partial charge on any atom is -0.473 e. The molecular weight excluding hydrogens is 726 g/mol. The number of likely N-dealkylation sites (tertiary alicyclic amines) is 1. The summed E-state index contributed by atoms with van der Waals surface area (Å²) in [6.07, 6.45) is -1.90. The summed E-state index contributed by atoms with van der Waals surface area (Å²) < 4.78 is 69.6. The Balaban J connectivity index is 0.959. The molecule has 0 aliphatic carbocycles. The predicted octanol–water partition coefficient (Wildman–Crippen LogP) is 8.43. The van der Waals surface area contributed by atoms with Crippen molar-refractivity contribution in [3.8, 4) is 5.88 Å². The van der Waals surface area contributed by atoms with Gasteiger partial charge < -0.3 is 19.4 Å². The van der Waals surface area contributed by atoms with E-state index in [1.807, 2.05) is 18.2 Å². The van der Waals surface area contributed by atoms with E-state index in [0.717, 1.165) is 55.5 Å². The van der Waals surface area contributed by atoms with Crippen LogP contribution in [0, 0.1) is 12.7 Å². The van der Waals surface area contributed by atoms with Crippen LogP contribution in [0.3, 0.4) is 0 Å². The van der Waals surface area contributed by atoms with Crippen LogP contribution in [0.4, 0.5) is 23.2 Å². The van der Waals surface area contributed by atoms with Gasteiger partial charge in [-0.3, -0.25) is 14.8 Å². The highest BCUT2D eigenvalue weighted by atomic mass is 35.5. The molecule has 6 aromatic rings. The van der Waals surface area contributed by atoms with Crippen molar-refractivity contribution in [2.75, 3.05) is 25.0 Å². The monoisotopic (exact) mass is 761 g/mol. The minimum absolute atomic E-state index is 0.0176. The van der Waals surface area contributed by atoms with Crippen LogP contribution in [0.1, 0.15) is 63.9 Å². The van der Waals surface area contributed by atoms with Crippen LogP contribution in [-0.4, -0.2) is 61.3 Å². The summed E-state index contributed by atoms with van der Waals surface area (Å²) in [6.45, 7) is 5.21. The Morgan fingerprint density at radius 2 is 1.87 bits per heavy atom. The first kappa shape index (κ1) is 36.0. The number of aromatic amines is 1. The standard InChI is InChI=1S/C39H36ClF4N7O3/c1-22-29-17-27(18-30(39(42,43)44)37(29)49-48-22)45-38(52)24-6-8-34-33(15-24)46-35(51(34)19-28-11-14-53-28)20-50-12-9-23(10-13-50)32-3-2-4-36(47-32)54-21-25-5-7-26(40)16-31(25)41/h2-8,15-18,23,28H,9-14,19-21H2,1H3,(H,45,52)(H,48,49)/t28-/m0/s1. The number of hydrogen-bond acceptors (Lipinski definition) is 7. The number of pyridine rings is 1. The number of fused-ring (bicyclic) bond motifs is 2. The van der Waals surface area contributed by atoms with Crippen molar-refractivity contribution in [2.45, 2.75) is 64.1 Å². The first-order chi connectivity index (χ1) is 26.0. The van der Waals surface area contributed by atoms with Gasteiger partial charge >= 0.3 is 6.18 Å². The third-order valence-electron chi connectivity index (χ3n) is 10.2. The highest BCUT2D eigenvalue weighted by molar-refractivity contribution is 6.30. The quantitative estimate of drug-likeness (QED) is 0.135. The number of benzene rings is 3. The van der Waals surface area contributed by atoms with Crippen molar-refractivity contribution in [2.24, 2.45) is 0 Å². The van der Waals surface area contributed by atoms with Crippen molar-refractivity contribution >= 4 is 45.1 Å². The van der Waals surface area contributed by atoms with Crippen LogP contribution in [0.5, 0.6) is 5.88 Å². The summed E-state index contributed by atoms with van der Waals surface area (Å²) in [6, 6.07) is 17.7. The number of amides is 1. The lowest BCUT2D eigenvalue weighted by atomic mass is 9.93. The molecule has 2 aliphatic rings. The van der Waals surface area contributed by atoms with Crippen molar-refractivity contribution in [3.05, 3.63) is 111 Å². The molecule has 2 aliphatic heterocycles. The molecule has 8 rings (SSSR count). The summed E-state index contributed by atoms with van der Waals surface area (Å²) in [5.41, 5.74) is 2.42. The molecule has 0 spiro atoms. The summed E-state index contributed by atoms with van der Waals surface area (Å²) in [5.74, 6) is 0.531. The van der Waals surface area contributed by atoms with Gasteiger partial charge in [0.05, 0.1) is 35.8 Å². The van der Waals surface area contributed by atoms with E-state index in [1.54, 1.807) is 37.3 Å². The molecule has 0 unspecified atom stereocenters. The summed E-state index contributed by atoms with van der Waals surface area (Å²) in [4.78, 5) is 25.4. The fraction of sp³-hybridized carbons (Fsp3) is 0.333. The number of halogens is 5. The van der Waals surface area contributed by atoms with Crippen molar-refractivity contribution in [3.63, 3.8) is 0 Å². The second kappa shape index (κ2) is 14.6.